The fourth-order valence-electron chi connectivity index (χ4n) is 6.00. The lowest BCUT2D eigenvalue weighted by Crippen LogP contribution is -2.29. The second-order valence-corrected chi connectivity index (χ2v) is 10.5. The molecule has 0 aromatic carbocycles. The van der Waals surface area contributed by atoms with Gasteiger partial charge in [-0.2, -0.15) is 0 Å². The van der Waals surface area contributed by atoms with Crippen molar-refractivity contribution in [2.24, 2.45) is 15.0 Å². The topological polar surface area (TPSA) is 93.3 Å². The number of aliphatic hydroxyl groups is 2. The minimum Gasteiger partial charge on any atom is -0.509 e. The van der Waals surface area contributed by atoms with Gasteiger partial charge in [-0.1, -0.05) is 27.2 Å². The number of allylic oxidation sites excluding steroid dienone is 8. The summed E-state index contributed by atoms with van der Waals surface area (Å²) in [4.78, 5) is 18.7. The Morgan fingerprint density at radius 2 is 1.28 bits per heavy atom. The van der Waals surface area contributed by atoms with Crippen LogP contribution in [0.3, 0.4) is 0 Å². The molecule has 202 valence electrons. The van der Waals surface area contributed by atoms with E-state index in [0.717, 1.165) is 87.7 Å². The summed E-state index contributed by atoms with van der Waals surface area (Å²) in [5.74, 6) is -0.0630. The third-order valence-corrected chi connectivity index (χ3v) is 8.23. The molecule has 5 heterocycles. The zero-order valence-electron chi connectivity index (χ0n) is 24.1. The summed E-state index contributed by atoms with van der Waals surface area (Å²) in [6.07, 6.45) is 11.9. The Labute approximate surface area is 230 Å². The van der Waals surface area contributed by atoms with Crippen LogP contribution in [-0.4, -0.2) is 38.9 Å². The summed E-state index contributed by atoms with van der Waals surface area (Å²) < 4.78 is 0. The molecule has 3 N–H and O–H groups in total. The first kappa shape index (κ1) is 26.8. The van der Waals surface area contributed by atoms with Crippen molar-refractivity contribution >= 4 is 35.0 Å². The molecule has 0 spiro atoms. The third kappa shape index (κ3) is 4.47. The number of nitrogens with zero attached hydrogens (tertiary/aromatic N) is 3. The van der Waals surface area contributed by atoms with Crippen molar-refractivity contribution in [2.75, 3.05) is 6.61 Å². The van der Waals surface area contributed by atoms with Gasteiger partial charge in [-0.3, -0.25) is 0 Å². The van der Waals surface area contributed by atoms with E-state index in [1.165, 1.54) is 22.3 Å². The first-order chi connectivity index (χ1) is 18.7. The first-order valence-electron chi connectivity index (χ1n) is 14.0. The molecule has 0 amide bonds. The summed E-state index contributed by atoms with van der Waals surface area (Å²) in [7, 11) is 0. The van der Waals surface area contributed by atoms with E-state index in [9.17, 15) is 10.2 Å². The fraction of sp³-hybridized carbons (Fsp3) is 0.364. The van der Waals surface area contributed by atoms with Gasteiger partial charge in [-0.15, -0.1) is 0 Å². The molecule has 5 rings (SSSR count). The van der Waals surface area contributed by atoms with Gasteiger partial charge < -0.3 is 15.2 Å². The molecule has 0 unspecified atom stereocenters. The molecule has 1 aromatic heterocycles. The summed E-state index contributed by atoms with van der Waals surface area (Å²) in [6, 6.07) is 0. The molecule has 0 aliphatic carbocycles. The zero-order valence-corrected chi connectivity index (χ0v) is 24.1. The SMILES string of the molecule is CCCC1=C(C)C2=CC3=NC(=CC4=NC(=Cc5[nH]c(/c(=C(/O)CO)c5C)=CC1=N2)C(CC)=C4C)C(CC)=C3C. The van der Waals surface area contributed by atoms with E-state index in [0.29, 0.717) is 5.22 Å². The van der Waals surface area contributed by atoms with Gasteiger partial charge in [0, 0.05) is 10.9 Å². The fourth-order valence-corrected chi connectivity index (χ4v) is 6.00. The van der Waals surface area contributed by atoms with E-state index in [4.69, 9.17) is 15.0 Å². The van der Waals surface area contributed by atoms with Crippen molar-refractivity contribution in [2.45, 2.75) is 74.1 Å². The second-order valence-electron chi connectivity index (χ2n) is 10.5. The molecule has 8 bridgehead atoms. The van der Waals surface area contributed by atoms with E-state index in [1.54, 1.807) is 0 Å². The van der Waals surface area contributed by atoms with Crippen molar-refractivity contribution in [1.29, 1.82) is 0 Å². The molecule has 0 saturated carbocycles. The maximum atomic E-state index is 10.8. The average Bonchev–Trinajstić information content (AvgIpc) is 3.58. The molecule has 4 aliphatic heterocycles. The van der Waals surface area contributed by atoms with E-state index < -0.39 is 6.61 Å². The molecule has 0 atom stereocenters. The van der Waals surface area contributed by atoms with E-state index in [2.05, 4.69) is 64.8 Å². The number of rotatable bonds is 5. The van der Waals surface area contributed by atoms with Crippen molar-refractivity contribution in [3.8, 4) is 0 Å². The summed E-state index contributed by atoms with van der Waals surface area (Å²) in [6.45, 7) is 14.4. The van der Waals surface area contributed by atoms with Crippen molar-refractivity contribution in [3.05, 3.63) is 84.5 Å². The predicted molar refractivity (Wildman–Crippen MR) is 162 cm³/mol. The maximum Gasteiger partial charge on any atom is 0.127 e. The number of aromatic nitrogens is 1. The quantitative estimate of drug-likeness (QED) is 0.455. The first-order valence-corrected chi connectivity index (χ1v) is 14.0. The number of aliphatic hydroxyl groups excluding tert-OH is 2. The monoisotopic (exact) mass is 522 g/mol. The molecule has 0 fully saturated rings. The summed E-state index contributed by atoms with van der Waals surface area (Å²) >= 11 is 0. The van der Waals surface area contributed by atoms with Crippen LogP contribution in [0.2, 0.25) is 0 Å². The number of nitrogens with one attached hydrogen (secondary N) is 1. The highest BCUT2D eigenvalue weighted by atomic mass is 16.3. The van der Waals surface area contributed by atoms with Gasteiger partial charge in [0.05, 0.1) is 39.6 Å². The highest BCUT2D eigenvalue weighted by Gasteiger charge is 2.25. The molecule has 39 heavy (non-hydrogen) atoms. The second kappa shape index (κ2) is 10.4. The van der Waals surface area contributed by atoms with Gasteiger partial charge in [-0.25, -0.2) is 15.0 Å². The van der Waals surface area contributed by atoms with Crippen LogP contribution in [0.1, 0.15) is 78.5 Å². The largest absolute Gasteiger partial charge is 0.509 e. The lowest BCUT2D eigenvalue weighted by molar-refractivity contribution is 0.302. The molecular weight excluding hydrogens is 484 g/mol. The average molecular weight is 523 g/mol. The molecule has 1 aromatic rings. The van der Waals surface area contributed by atoms with E-state index >= 15 is 0 Å². The van der Waals surface area contributed by atoms with Crippen molar-refractivity contribution in [1.82, 2.24) is 4.98 Å². The minimum atomic E-state index is -0.440. The van der Waals surface area contributed by atoms with Crippen molar-refractivity contribution < 1.29 is 10.2 Å². The third-order valence-electron chi connectivity index (χ3n) is 8.23. The van der Waals surface area contributed by atoms with Crippen LogP contribution in [0.15, 0.2) is 77.7 Å². The molecular formula is C33H38N4O2. The number of hydrogen-bond donors (Lipinski definition) is 3. The van der Waals surface area contributed by atoms with Crippen LogP contribution in [0, 0.1) is 6.92 Å². The van der Waals surface area contributed by atoms with E-state index in [1.807, 2.05) is 13.0 Å². The molecule has 0 saturated heterocycles. The van der Waals surface area contributed by atoms with Crippen molar-refractivity contribution in [3.63, 3.8) is 0 Å². The van der Waals surface area contributed by atoms with Gasteiger partial charge in [0.15, 0.2) is 0 Å². The van der Waals surface area contributed by atoms with Crippen LogP contribution in [0.25, 0.3) is 17.9 Å². The Kier molecular flexibility index (Phi) is 7.17. The molecule has 6 heteroatoms. The predicted octanol–water partition coefficient (Wildman–Crippen LogP) is 5.82. The van der Waals surface area contributed by atoms with Gasteiger partial charge >= 0.3 is 0 Å². The number of H-pyrrole nitrogens is 1. The normalized spacial score (nSPS) is 19.6. The standard InChI is InChI=1S/C33H38N4O2/c1-8-11-23-19(6)25-12-24-17(4)21(9-2)28(34-24)13-26-18(5)22(10-3)29(35-26)14-27-20(7)33(32(39)16-38)31(37-27)15-30(23)36-25/h12-15,37-39H,8-11,16H2,1-7H3/b25-12?,28-13?,29-14?,31-15?,33-32+. The van der Waals surface area contributed by atoms with Crippen LogP contribution in [0.5, 0.6) is 0 Å². The van der Waals surface area contributed by atoms with E-state index in [-0.39, 0.29) is 5.76 Å². The minimum absolute atomic E-state index is 0.0630. The molecule has 0 radical (unpaired) electrons. The zero-order chi connectivity index (χ0) is 28.0. The molecule has 6 nitrogen and oxygen atoms in total. The van der Waals surface area contributed by atoms with Gasteiger partial charge in [0.1, 0.15) is 12.4 Å². The number of aliphatic imine (C=N–C) groups is 3. The Bertz CT molecular complexity index is 1690. The van der Waals surface area contributed by atoms with Gasteiger partial charge in [0.25, 0.3) is 0 Å². The molecule has 4 aliphatic rings. The lowest BCUT2D eigenvalue weighted by Gasteiger charge is -2.04. The van der Waals surface area contributed by atoms with Crippen LogP contribution in [-0.2, 0) is 0 Å². The lowest BCUT2D eigenvalue weighted by atomic mass is 9.98. The Balaban J connectivity index is 1.89. The smallest absolute Gasteiger partial charge is 0.127 e. The highest BCUT2D eigenvalue weighted by molar-refractivity contribution is 6.24. The number of aromatic amines is 1. The number of hydrogen-bond acceptors (Lipinski definition) is 5. The summed E-state index contributed by atoms with van der Waals surface area (Å²) in [5.41, 5.74) is 14.4. The Hall–Kier alpha value is -3.77. The Morgan fingerprint density at radius 1 is 0.718 bits per heavy atom. The van der Waals surface area contributed by atoms with Gasteiger partial charge in [0.2, 0.25) is 0 Å². The Morgan fingerprint density at radius 3 is 1.85 bits per heavy atom. The summed E-state index contributed by atoms with van der Waals surface area (Å²) in [5, 5.41) is 22.0. The number of fused-ring (bicyclic) bond motifs is 5. The highest BCUT2D eigenvalue weighted by Crippen LogP contribution is 2.35. The van der Waals surface area contributed by atoms with Crippen LogP contribution >= 0.6 is 0 Å². The van der Waals surface area contributed by atoms with Crippen LogP contribution in [0.4, 0.5) is 0 Å². The van der Waals surface area contributed by atoms with Gasteiger partial charge in [-0.05, 0) is 110 Å². The van der Waals surface area contributed by atoms with Crippen LogP contribution < -0.4 is 10.6 Å². The maximum absolute atomic E-state index is 10.8.